The molecule has 1 heterocycles. The van der Waals surface area contributed by atoms with Crippen LogP contribution in [0.15, 0.2) is 12.7 Å². The van der Waals surface area contributed by atoms with Crippen LogP contribution in [0.1, 0.15) is 13.3 Å². The zero-order chi connectivity index (χ0) is 10.2. The number of nitrogens with zero attached hydrogens (tertiary/aromatic N) is 1. The highest BCUT2D eigenvalue weighted by Crippen LogP contribution is 2.00. The first-order valence-corrected chi connectivity index (χ1v) is 5.51. The van der Waals surface area contributed by atoms with Gasteiger partial charge in [0.1, 0.15) is 0 Å². The van der Waals surface area contributed by atoms with E-state index in [0.717, 1.165) is 39.4 Å². The molecule has 0 spiro atoms. The van der Waals surface area contributed by atoms with Crippen molar-refractivity contribution in [1.29, 1.82) is 0 Å². The third kappa shape index (κ3) is 4.22. The summed E-state index contributed by atoms with van der Waals surface area (Å²) in [5, 5.41) is 3.46. The van der Waals surface area contributed by atoms with Gasteiger partial charge in [0.25, 0.3) is 0 Å². The van der Waals surface area contributed by atoms with Gasteiger partial charge in [0, 0.05) is 25.7 Å². The summed E-state index contributed by atoms with van der Waals surface area (Å²) in [6, 6.07) is 0.544. The molecular weight excluding hydrogens is 176 g/mol. The second-order valence-electron chi connectivity index (χ2n) is 3.70. The first-order chi connectivity index (χ1) is 6.86. The number of likely N-dealkylation sites (N-methyl/N-ethyl adjacent to an activating group) is 1. The molecule has 0 aromatic heterocycles. The Hall–Kier alpha value is -0.380. The fourth-order valence-electron chi connectivity index (χ4n) is 1.70. The van der Waals surface area contributed by atoms with Crippen molar-refractivity contribution >= 4 is 0 Å². The van der Waals surface area contributed by atoms with Crippen molar-refractivity contribution in [1.82, 2.24) is 10.2 Å². The van der Waals surface area contributed by atoms with Gasteiger partial charge in [-0.1, -0.05) is 13.0 Å². The van der Waals surface area contributed by atoms with Crippen molar-refractivity contribution in [3.63, 3.8) is 0 Å². The Morgan fingerprint density at radius 2 is 2.50 bits per heavy atom. The molecule has 82 valence electrons. The average Bonchev–Trinajstić information content (AvgIpc) is 2.25. The molecule has 1 atom stereocenters. The van der Waals surface area contributed by atoms with E-state index in [0.29, 0.717) is 6.04 Å². The van der Waals surface area contributed by atoms with Gasteiger partial charge < -0.3 is 10.1 Å². The number of nitrogens with one attached hydrogen (secondary N) is 1. The lowest BCUT2D eigenvalue weighted by molar-refractivity contribution is 0.0707. The molecule has 0 aliphatic carbocycles. The third-order valence-corrected chi connectivity index (χ3v) is 2.63. The molecule has 0 bridgehead atoms. The molecule has 1 N–H and O–H groups in total. The van der Waals surface area contributed by atoms with E-state index in [1.54, 1.807) is 0 Å². The van der Waals surface area contributed by atoms with Crippen LogP contribution in [0.4, 0.5) is 0 Å². The summed E-state index contributed by atoms with van der Waals surface area (Å²) >= 11 is 0. The first-order valence-electron chi connectivity index (χ1n) is 5.51. The van der Waals surface area contributed by atoms with Gasteiger partial charge in [-0.05, 0) is 13.0 Å². The van der Waals surface area contributed by atoms with E-state index in [1.807, 2.05) is 6.08 Å². The topological polar surface area (TPSA) is 24.5 Å². The van der Waals surface area contributed by atoms with Gasteiger partial charge in [-0.15, -0.1) is 6.58 Å². The predicted molar refractivity (Wildman–Crippen MR) is 59.5 cm³/mol. The number of rotatable bonds is 6. The van der Waals surface area contributed by atoms with Crippen LogP contribution in [0.5, 0.6) is 0 Å². The van der Waals surface area contributed by atoms with Gasteiger partial charge in [-0.2, -0.15) is 0 Å². The molecule has 3 heteroatoms. The number of hydrogen-bond donors (Lipinski definition) is 1. The van der Waals surface area contributed by atoms with E-state index in [2.05, 4.69) is 23.7 Å². The predicted octanol–water partition coefficient (Wildman–Crippen LogP) is 0.873. The minimum Gasteiger partial charge on any atom is -0.379 e. The van der Waals surface area contributed by atoms with Crippen LogP contribution in [0.25, 0.3) is 0 Å². The van der Waals surface area contributed by atoms with Crippen molar-refractivity contribution in [3.8, 4) is 0 Å². The third-order valence-electron chi connectivity index (χ3n) is 2.63. The largest absolute Gasteiger partial charge is 0.379 e. The highest BCUT2D eigenvalue weighted by molar-refractivity contribution is 4.76. The molecule has 1 aliphatic heterocycles. The molecule has 0 aromatic rings. The van der Waals surface area contributed by atoms with E-state index < -0.39 is 0 Å². The maximum absolute atomic E-state index is 5.41. The van der Waals surface area contributed by atoms with Gasteiger partial charge in [-0.3, -0.25) is 4.90 Å². The van der Waals surface area contributed by atoms with Crippen LogP contribution in [-0.4, -0.2) is 50.3 Å². The van der Waals surface area contributed by atoms with Crippen LogP contribution in [-0.2, 0) is 4.74 Å². The van der Waals surface area contributed by atoms with Crippen LogP contribution in [0.3, 0.4) is 0 Å². The van der Waals surface area contributed by atoms with Gasteiger partial charge in [-0.25, -0.2) is 0 Å². The fourth-order valence-corrected chi connectivity index (χ4v) is 1.70. The van der Waals surface area contributed by atoms with E-state index in [1.165, 1.54) is 6.42 Å². The van der Waals surface area contributed by atoms with Gasteiger partial charge in [0.15, 0.2) is 0 Å². The fraction of sp³-hybridized carbons (Fsp3) is 0.818. The van der Waals surface area contributed by atoms with Crippen molar-refractivity contribution < 1.29 is 4.74 Å². The molecule has 0 radical (unpaired) electrons. The van der Waals surface area contributed by atoms with E-state index in [-0.39, 0.29) is 0 Å². The number of ether oxygens (including phenoxy) is 1. The Balaban J connectivity index is 2.13. The second-order valence-corrected chi connectivity index (χ2v) is 3.70. The molecule has 1 saturated heterocycles. The molecule has 0 saturated carbocycles. The Morgan fingerprint density at radius 1 is 1.64 bits per heavy atom. The summed E-state index contributed by atoms with van der Waals surface area (Å²) in [4.78, 5) is 2.39. The van der Waals surface area contributed by atoms with Gasteiger partial charge in [0.05, 0.1) is 13.2 Å². The van der Waals surface area contributed by atoms with Crippen LogP contribution < -0.4 is 5.32 Å². The quantitative estimate of drug-likeness (QED) is 0.641. The lowest BCUT2D eigenvalue weighted by Gasteiger charge is -2.26. The Bertz CT molecular complexity index is 155. The maximum Gasteiger partial charge on any atom is 0.0620 e. The highest BCUT2D eigenvalue weighted by atomic mass is 16.5. The van der Waals surface area contributed by atoms with Crippen molar-refractivity contribution in [2.45, 2.75) is 19.4 Å². The van der Waals surface area contributed by atoms with E-state index in [9.17, 15) is 0 Å². The van der Waals surface area contributed by atoms with Gasteiger partial charge >= 0.3 is 0 Å². The van der Waals surface area contributed by atoms with Crippen molar-refractivity contribution in [2.24, 2.45) is 0 Å². The highest BCUT2D eigenvalue weighted by Gasteiger charge is 2.13. The van der Waals surface area contributed by atoms with Crippen molar-refractivity contribution in [3.05, 3.63) is 12.7 Å². The van der Waals surface area contributed by atoms with Gasteiger partial charge in [0.2, 0.25) is 0 Å². The first kappa shape index (κ1) is 11.7. The zero-order valence-electron chi connectivity index (χ0n) is 9.17. The smallest absolute Gasteiger partial charge is 0.0620 e. The summed E-state index contributed by atoms with van der Waals surface area (Å²) in [6.45, 7) is 11.9. The summed E-state index contributed by atoms with van der Waals surface area (Å²) < 4.78 is 5.41. The van der Waals surface area contributed by atoms with E-state index >= 15 is 0 Å². The Morgan fingerprint density at radius 3 is 3.07 bits per heavy atom. The molecule has 14 heavy (non-hydrogen) atoms. The summed E-state index contributed by atoms with van der Waals surface area (Å²) in [7, 11) is 0. The molecule has 1 aliphatic rings. The normalized spacial score (nSPS) is 22.6. The second kappa shape index (κ2) is 6.98. The summed E-state index contributed by atoms with van der Waals surface area (Å²) in [5.41, 5.74) is 0. The SMILES string of the molecule is C=CCN(CC)CCC1COCCN1. The summed E-state index contributed by atoms with van der Waals surface area (Å²) in [5.74, 6) is 0. The van der Waals surface area contributed by atoms with Crippen LogP contribution in [0, 0.1) is 0 Å². The van der Waals surface area contributed by atoms with E-state index in [4.69, 9.17) is 4.74 Å². The zero-order valence-corrected chi connectivity index (χ0v) is 9.17. The molecular formula is C11H22N2O. The standard InChI is InChI=1S/C11H22N2O/c1-3-7-13(4-2)8-5-11-10-14-9-6-12-11/h3,11-12H,1,4-10H2,2H3. The Kier molecular flexibility index (Phi) is 5.83. The monoisotopic (exact) mass is 198 g/mol. The average molecular weight is 198 g/mol. The van der Waals surface area contributed by atoms with Crippen molar-refractivity contribution in [2.75, 3.05) is 39.4 Å². The molecule has 3 nitrogen and oxygen atoms in total. The number of hydrogen-bond acceptors (Lipinski definition) is 3. The molecule has 1 fully saturated rings. The summed E-state index contributed by atoms with van der Waals surface area (Å²) in [6.07, 6.45) is 3.13. The molecule has 1 unspecified atom stereocenters. The molecule has 0 aromatic carbocycles. The number of morpholine rings is 1. The Labute approximate surface area is 87.1 Å². The maximum atomic E-state index is 5.41. The van der Waals surface area contributed by atoms with Crippen LogP contribution >= 0.6 is 0 Å². The lowest BCUT2D eigenvalue weighted by Crippen LogP contribution is -2.43. The minimum absolute atomic E-state index is 0.544. The molecule has 1 rings (SSSR count). The molecule has 0 amide bonds. The minimum atomic E-state index is 0.544. The van der Waals surface area contributed by atoms with Crippen LogP contribution in [0.2, 0.25) is 0 Å². The lowest BCUT2D eigenvalue weighted by atomic mass is 10.2.